The summed E-state index contributed by atoms with van der Waals surface area (Å²) in [6.45, 7) is 15.5. The van der Waals surface area contributed by atoms with Crippen LogP contribution in [0.25, 0.3) is 0 Å². The maximum atomic E-state index is 12.9. The summed E-state index contributed by atoms with van der Waals surface area (Å²) in [5.41, 5.74) is -0.112. The highest BCUT2D eigenvalue weighted by Gasteiger charge is 2.70. The van der Waals surface area contributed by atoms with Crippen LogP contribution in [0.15, 0.2) is 11.6 Å². The molecule has 14 atom stereocenters. The van der Waals surface area contributed by atoms with Crippen LogP contribution in [0.4, 0.5) is 0 Å². The second kappa shape index (κ2) is 10.7. The van der Waals surface area contributed by atoms with E-state index in [4.69, 9.17) is 9.47 Å². The maximum absolute atomic E-state index is 12.9. The largest absolute Gasteiger partial charge is 0.481 e. The summed E-state index contributed by atoms with van der Waals surface area (Å²) in [4.78, 5) is 12.9. The number of hydrogen-bond acceptors (Lipinski definition) is 8. The lowest BCUT2D eigenvalue weighted by Gasteiger charge is -2.71. The Balaban J connectivity index is 1.32. The Kier molecular flexibility index (Phi) is 8.05. The van der Waals surface area contributed by atoms with Crippen molar-refractivity contribution in [2.24, 2.45) is 50.2 Å². The Labute approximate surface area is 268 Å². The predicted octanol–water partition coefficient (Wildman–Crippen LogP) is 4.03. The lowest BCUT2D eigenvalue weighted by atomic mass is 9.33. The molecule has 45 heavy (non-hydrogen) atoms. The molecule has 1 saturated heterocycles. The second-order valence-corrected chi connectivity index (χ2v) is 18.0. The van der Waals surface area contributed by atoms with Crippen molar-refractivity contribution in [3.05, 3.63) is 11.6 Å². The van der Waals surface area contributed by atoms with Crippen LogP contribution in [0.5, 0.6) is 0 Å². The minimum atomic E-state index is -1.54. The van der Waals surface area contributed by atoms with Crippen molar-refractivity contribution in [2.45, 2.75) is 149 Å². The molecule has 6 rings (SSSR count). The molecule has 9 heteroatoms. The number of carbonyl (C=O) groups is 1. The first-order valence-electron chi connectivity index (χ1n) is 17.4. The van der Waals surface area contributed by atoms with Gasteiger partial charge in [-0.05, 0) is 103 Å². The molecule has 0 aromatic heterocycles. The molecule has 0 spiro atoms. The Morgan fingerprint density at radius 2 is 1.56 bits per heavy atom. The molecule has 9 nitrogen and oxygen atoms in total. The lowest BCUT2D eigenvalue weighted by molar-refractivity contribution is -0.341. The number of carboxylic acids is 1. The number of rotatable bonds is 4. The van der Waals surface area contributed by atoms with Crippen molar-refractivity contribution >= 4 is 5.97 Å². The van der Waals surface area contributed by atoms with E-state index in [1.807, 2.05) is 0 Å². The van der Waals surface area contributed by atoms with Crippen LogP contribution < -0.4 is 0 Å². The van der Waals surface area contributed by atoms with Gasteiger partial charge in [0, 0.05) is 0 Å². The molecule has 6 N–H and O–H groups in total. The minimum Gasteiger partial charge on any atom is -0.481 e. The van der Waals surface area contributed by atoms with Crippen molar-refractivity contribution in [2.75, 3.05) is 6.61 Å². The molecule has 6 aliphatic rings. The SMILES string of the molecule is CC1(C)CC[C@]2(C(=O)O)CC[C@]3(C)C(=CCC4[C@@]5(C)C[C@H](O)[C@H](O[C@@H]6O[C@H](CO)[C@@H](O)[C@H](O)[C@H]6O)C(C)(C)C5CC[C@]43C)C2C1. The van der Waals surface area contributed by atoms with Gasteiger partial charge in [0.15, 0.2) is 6.29 Å². The number of carboxylic acid groups (broad SMARTS) is 1. The van der Waals surface area contributed by atoms with Crippen molar-refractivity contribution < 1.29 is 44.9 Å². The molecule has 4 saturated carbocycles. The summed E-state index contributed by atoms with van der Waals surface area (Å²) in [6, 6.07) is 0. The van der Waals surface area contributed by atoms with Crippen molar-refractivity contribution in [3.8, 4) is 0 Å². The summed E-state index contributed by atoms with van der Waals surface area (Å²) in [7, 11) is 0. The highest BCUT2D eigenvalue weighted by atomic mass is 16.7. The molecule has 5 fully saturated rings. The molecule has 0 amide bonds. The Hall–Kier alpha value is -1.07. The maximum Gasteiger partial charge on any atom is 0.310 e. The number of aliphatic carboxylic acids is 1. The van der Waals surface area contributed by atoms with Gasteiger partial charge in [-0.1, -0.05) is 60.1 Å². The van der Waals surface area contributed by atoms with Crippen LogP contribution >= 0.6 is 0 Å². The van der Waals surface area contributed by atoms with E-state index >= 15 is 0 Å². The van der Waals surface area contributed by atoms with Gasteiger partial charge in [0.25, 0.3) is 0 Å². The summed E-state index contributed by atoms with van der Waals surface area (Å²) in [6.07, 6.45) is 1.43. The van der Waals surface area contributed by atoms with Gasteiger partial charge in [-0.2, -0.15) is 0 Å². The molecule has 1 heterocycles. The zero-order valence-electron chi connectivity index (χ0n) is 28.3. The summed E-state index contributed by atoms with van der Waals surface area (Å²) in [5.74, 6) is -0.106. The highest BCUT2D eigenvalue weighted by molar-refractivity contribution is 5.76. The van der Waals surface area contributed by atoms with Gasteiger partial charge in [-0.15, -0.1) is 0 Å². The van der Waals surface area contributed by atoms with E-state index in [0.717, 1.165) is 44.9 Å². The molecule has 0 radical (unpaired) electrons. The number of hydrogen-bond donors (Lipinski definition) is 6. The van der Waals surface area contributed by atoms with Crippen LogP contribution in [0.1, 0.15) is 106 Å². The fraction of sp³-hybridized carbons (Fsp3) is 0.917. The molecule has 5 aliphatic carbocycles. The molecule has 3 unspecified atom stereocenters. The number of ether oxygens (including phenoxy) is 2. The first-order valence-corrected chi connectivity index (χ1v) is 17.4. The number of fused-ring (bicyclic) bond motifs is 7. The number of aliphatic hydroxyl groups is 5. The zero-order valence-corrected chi connectivity index (χ0v) is 28.3. The molecule has 0 aromatic carbocycles. The first-order chi connectivity index (χ1) is 20.8. The Bertz CT molecular complexity index is 1210. The fourth-order valence-corrected chi connectivity index (χ4v) is 12.3. The van der Waals surface area contributed by atoms with Crippen molar-refractivity contribution in [1.82, 2.24) is 0 Å². The molecule has 256 valence electrons. The van der Waals surface area contributed by atoms with Crippen LogP contribution in [-0.2, 0) is 14.3 Å². The normalized spacial score (nSPS) is 53.6. The van der Waals surface area contributed by atoms with E-state index in [0.29, 0.717) is 12.8 Å². The first kappa shape index (κ1) is 33.8. The monoisotopic (exact) mass is 634 g/mol. The van der Waals surface area contributed by atoms with Crippen molar-refractivity contribution in [1.29, 1.82) is 0 Å². The van der Waals surface area contributed by atoms with Crippen LogP contribution in [0.3, 0.4) is 0 Å². The summed E-state index contributed by atoms with van der Waals surface area (Å²) < 4.78 is 12.0. The third kappa shape index (κ3) is 4.61. The van der Waals surface area contributed by atoms with E-state index in [1.165, 1.54) is 5.57 Å². The quantitative estimate of drug-likeness (QED) is 0.199. The third-order valence-corrected chi connectivity index (χ3v) is 15.1. The van der Waals surface area contributed by atoms with Crippen LogP contribution in [0.2, 0.25) is 0 Å². The predicted molar refractivity (Wildman–Crippen MR) is 167 cm³/mol. The van der Waals surface area contributed by atoms with E-state index in [1.54, 1.807) is 0 Å². The van der Waals surface area contributed by atoms with Crippen molar-refractivity contribution in [3.63, 3.8) is 0 Å². The summed E-state index contributed by atoms with van der Waals surface area (Å²) >= 11 is 0. The number of allylic oxidation sites excluding steroid dienone is 2. The minimum absolute atomic E-state index is 0.0468. The molecule has 1 aliphatic heterocycles. The van der Waals surface area contributed by atoms with Gasteiger partial charge in [-0.25, -0.2) is 0 Å². The molecule has 0 aromatic rings. The summed E-state index contributed by atoms with van der Waals surface area (Å²) in [5, 5.41) is 63.5. The van der Waals surface area contributed by atoms with Gasteiger partial charge in [0.1, 0.15) is 24.4 Å². The molecular formula is C36H58O9. The van der Waals surface area contributed by atoms with E-state index < -0.39 is 66.3 Å². The lowest BCUT2D eigenvalue weighted by Crippen LogP contribution is -2.68. The standard InChI is InChI=1S/C36H58O9/c1-31(2)12-14-36(30(42)43)15-13-34(6)19(20(36)16-31)8-9-24-33(5)17-21(38)28(32(3,4)23(33)10-11-35(24,34)7)45-29-27(41)26(40)25(39)22(18-37)44-29/h8,20-29,37-41H,9-18H2,1-7H3,(H,42,43)/t20?,21-,22+,23?,24?,25+,26-,27+,28-,29-,33-,34+,35+,36-/m0/s1. The highest BCUT2D eigenvalue weighted by Crippen LogP contribution is 2.76. The van der Waals surface area contributed by atoms with Gasteiger partial charge in [0.05, 0.1) is 24.2 Å². The van der Waals surface area contributed by atoms with E-state index in [-0.39, 0.29) is 39.4 Å². The third-order valence-electron chi connectivity index (χ3n) is 15.1. The van der Waals surface area contributed by atoms with Crippen LogP contribution in [-0.4, -0.2) is 86.1 Å². The average Bonchev–Trinajstić information content (AvgIpc) is 2.94. The smallest absolute Gasteiger partial charge is 0.310 e. The topological polar surface area (TPSA) is 157 Å². The van der Waals surface area contributed by atoms with Gasteiger partial charge < -0.3 is 40.1 Å². The molecular weight excluding hydrogens is 576 g/mol. The second-order valence-electron chi connectivity index (χ2n) is 18.0. The van der Waals surface area contributed by atoms with Gasteiger partial charge in [-0.3, -0.25) is 4.79 Å². The Morgan fingerprint density at radius 3 is 2.20 bits per heavy atom. The molecule has 0 bridgehead atoms. The zero-order chi connectivity index (χ0) is 33.1. The van der Waals surface area contributed by atoms with Gasteiger partial charge >= 0.3 is 5.97 Å². The van der Waals surface area contributed by atoms with E-state index in [2.05, 4.69) is 54.5 Å². The average molecular weight is 635 g/mol. The fourth-order valence-electron chi connectivity index (χ4n) is 12.3. The van der Waals surface area contributed by atoms with Gasteiger partial charge in [0.2, 0.25) is 0 Å². The van der Waals surface area contributed by atoms with E-state index in [9.17, 15) is 35.4 Å². The van der Waals surface area contributed by atoms with Crippen LogP contribution in [0, 0.1) is 50.2 Å². The number of aliphatic hydroxyl groups excluding tert-OH is 5. The Morgan fingerprint density at radius 1 is 0.889 bits per heavy atom.